The molecule has 1 fully saturated rings. The van der Waals surface area contributed by atoms with Crippen molar-refractivity contribution in [3.05, 3.63) is 39.5 Å². The predicted molar refractivity (Wildman–Crippen MR) is 76.4 cm³/mol. The number of ether oxygens (including phenoxy) is 1. The van der Waals surface area contributed by atoms with Crippen molar-refractivity contribution in [2.24, 2.45) is 0 Å². The summed E-state index contributed by atoms with van der Waals surface area (Å²) < 4.78 is 5.31. The minimum Gasteiger partial charge on any atom is -0.378 e. The summed E-state index contributed by atoms with van der Waals surface area (Å²) in [7, 11) is 0. The lowest BCUT2D eigenvalue weighted by Crippen LogP contribution is -2.36. The van der Waals surface area contributed by atoms with Gasteiger partial charge in [-0.15, -0.1) is 0 Å². The molecule has 0 atom stereocenters. The lowest BCUT2D eigenvalue weighted by molar-refractivity contribution is -0.384. The normalized spacial score (nSPS) is 15.6. The second-order valence-corrected chi connectivity index (χ2v) is 4.89. The third-order valence-electron chi connectivity index (χ3n) is 3.34. The Morgan fingerprint density at radius 1 is 1.35 bits per heavy atom. The summed E-state index contributed by atoms with van der Waals surface area (Å²) in [4.78, 5) is 16.6. The average molecular weight is 294 g/mol. The number of nitro groups is 1. The highest BCUT2D eigenvalue weighted by Gasteiger charge is 2.18. The number of hydrogen-bond acceptors (Lipinski definition) is 5. The number of benzene rings is 1. The Balaban J connectivity index is 2.08. The van der Waals surface area contributed by atoms with E-state index in [1.807, 2.05) is 18.2 Å². The summed E-state index contributed by atoms with van der Waals surface area (Å²) in [5.41, 5.74) is 1.46. The molecule has 0 amide bonds. The monoisotopic (exact) mass is 293 g/mol. The maximum Gasteiger partial charge on any atom is 0.306 e. The molecule has 7 heteroatoms. The highest BCUT2D eigenvalue weighted by molar-refractivity contribution is 6.37. The van der Waals surface area contributed by atoms with E-state index in [1.165, 1.54) is 6.20 Å². The SMILES string of the molecule is O=[N+]([O-])c1cnc2ccc(N3CCOCC3)cc2c1Cl. The van der Waals surface area contributed by atoms with Crippen LogP contribution in [0, 0.1) is 10.1 Å². The Kier molecular flexibility index (Phi) is 3.42. The zero-order valence-electron chi connectivity index (χ0n) is 10.6. The molecule has 0 bridgehead atoms. The van der Waals surface area contributed by atoms with Crippen LogP contribution in [0.5, 0.6) is 0 Å². The van der Waals surface area contributed by atoms with Crippen molar-refractivity contribution in [1.29, 1.82) is 0 Å². The van der Waals surface area contributed by atoms with Crippen LogP contribution in [0.4, 0.5) is 11.4 Å². The zero-order chi connectivity index (χ0) is 14.1. The summed E-state index contributed by atoms with van der Waals surface area (Å²) in [5, 5.41) is 11.6. The van der Waals surface area contributed by atoms with E-state index in [4.69, 9.17) is 16.3 Å². The van der Waals surface area contributed by atoms with Gasteiger partial charge in [0, 0.05) is 24.2 Å². The maximum atomic E-state index is 10.9. The van der Waals surface area contributed by atoms with Crippen LogP contribution in [0.3, 0.4) is 0 Å². The number of morpholine rings is 1. The van der Waals surface area contributed by atoms with Crippen LogP contribution >= 0.6 is 11.6 Å². The lowest BCUT2D eigenvalue weighted by Gasteiger charge is -2.29. The van der Waals surface area contributed by atoms with Crippen molar-refractivity contribution in [2.75, 3.05) is 31.2 Å². The summed E-state index contributed by atoms with van der Waals surface area (Å²) in [6.07, 6.45) is 1.19. The highest BCUT2D eigenvalue weighted by atomic mass is 35.5. The van der Waals surface area contributed by atoms with E-state index in [0.29, 0.717) is 24.1 Å². The molecule has 3 rings (SSSR count). The number of anilines is 1. The highest BCUT2D eigenvalue weighted by Crippen LogP contribution is 2.33. The van der Waals surface area contributed by atoms with Crippen molar-refractivity contribution >= 4 is 33.9 Å². The Morgan fingerprint density at radius 2 is 2.10 bits per heavy atom. The van der Waals surface area contributed by atoms with Gasteiger partial charge >= 0.3 is 5.69 Å². The van der Waals surface area contributed by atoms with E-state index < -0.39 is 4.92 Å². The minimum absolute atomic E-state index is 0.134. The number of rotatable bonds is 2. The van der Waals surface area contributed by atoms with E-state index in [0.717, 1.165) is 18.8 Å². The van der Waals surface area contributed by atoms with E-state index >= 15 is 0 Å². The van der Waals surface area contributed by atoms with E-state index in [-0.39, 0.29) is 10.7 Å². The van der Waals surface area contributed by atoms with E-state index in [9.17, 15) is 10.1 Å². The molecule has 0 saturated carbocycles. The third kappa shape index (κ3) is 2.28. The molecule has 1 saturated heterocycles. The van der Waals surface area contributed by atoms with Gasteiger partial charge in [0.15, 0.2) is 0 Å². The first-order valence-electron chi connectivity index (χ1n) is 6.22. The van der Waals surface area contributed by atoms with E-state index in [2.05, 4.69) is 9.88 Å². The Morgan fingerprint density at radius 3 is 2.80 bits per heavy atom. The molecule has 1 aromatic carbocycles. The molecular formula is C13H12ClN3O3. The van der Waals surface area contributed by atoms with Crippen molar-refractivity contribution in [1.82, 2.24) is 4.98 Å². The topological polar surface area (TPSA) is 68.5 Å². The fourth-order valence-corrected chi connectivity index (χ4v) is 2.55. The largest absolute Gasteiger partial charge is 0.378 e. The van der Waals surface area contributed by atoms with Gasteiger partial charge in [0.25, 0.3) is 0 Å². The standard InChI is InChI=1S/C13H12ClN3O3/c14-13-10-7-9(16-3-5-20-6-4-16)1-2-11(10)15-8-12(13)17(18)19/h1-2,7-8H,3-6H2. The Bertz CT molecular complexity index is 671. The summed E-state index contributed by atoms with van der Waals surface area (Å²) in [6, 6.07) is 5.63. The molecule has 0 aliphatic carbocycles. The summed E-state index contributed by atoms with van der Waals surface area (Å²) >= 11 is 6.12. The van der Waals surface area contributed by atoms with Crippen molar-refractivity contribution in [3.8, 4) is 0 Å². The van der Waals surface area contributed by atoms with Gasteiger partial charge in [-0.25, -0.2) is 4.98 Å². The van der Waals surface area contributed by atoms with Gasteiger partial charge in [-0.2, -0.15) is 0 Å². The van der Waals surface area contributed by atoms with Crippen molar-refractivity contribution < 1.29 is 9.66 Å². The molecule has 2 heterocycles. The van der Waals surface area contributed by atoms with Gasteiger partial charge in [-0.3, -0.25) is 10.1 Å². The smallest absolute Gasteiger partial charge is 0.306 e. The molecule has 0 unspecified atom stereocenters. The second-order valence-electron chi connectivity index (χ2n) is 4.52. The average Bonchev–Trinajstić information content (AvgIpc) is 2.48. The first-order valence-corrected chi connectivity index (χ1v) is 6.60. The molecule has 104 valence electrons. The van der Waals surface area contributed by atoms with Gasteiger partial charge in [0.1, 0.15) is 11.2 Å². The molecule has 0 radical (unpaired) electrons. The van der Waals surface area contributed by atoms with Gasteiger partial charge < -0.3 is 9.64 Å². The maximum absolute atomic E-state index is 10.9. The van der Waals surface area contributed by atoms with Crippen LogP contribution in [0.15, 0.2) is 24.4 Å². The molecule has 0 spiro atoms. The molecule has 1 aliphatic heterocycles. The summed E-state index contributed by atoms with van der Waals surface area (Å²) in [5.74, 6) is 0. The van der Waals surface area contributed by atoms with Crippen LogP contribution in [0.25, 0.3) is 10.9 Å². The number of pyridine rings is 1. The molecule has 1 aliphatic rings. The molecule has 2 aromatic rings. The Labute approximate surface area is 120 Å². The minimum atomic E-state index is -0.518. The van der Waals surface area contributed by atoms with Crippen LogP contribution in [0.2, 0.25) is 5.02 Å². The number of nitrogens with zero attached hydrogens (tertiary/aromatic N) is 3. The van der Waals surface area contributed by atoms with Crippen LogP contribution in [-0.2, 0) is 4.74 Å². The molecule has 20 heavy (non-hydrogen) atoms. The van der Waals surface area contributed by atoms with E-state index in [1.54, 1.807) is 0 Å². The molecule has 0 N–H and O–H groups in total. The molecule has 6 nitrogen and oxygen atoms in total. The zero-order valence-corrected chi connectivity index (χ0v) is 11.3. The first kappa shape index (κ1) is 13.1. The number of halogens is 1. The quantitative estimate of drug-likeness (QED) is 0.629. The fraction of sp³-hybridized carbons (Fsp3) is 0.308. The number of hydrogen-bond donors (Lipinski definition) is 0. The third-order valence-corrected chi connectivity index (χ3v) is 3.74. The van der Waals surface area contributed by atoms with Gasteiger partial charge in [0.2, 0.25) is 0 Å². The van der Waals surface area contributed by atoms with Crippen molar-refractivity contribution in [3.63, 3.8) is 0 Å². The van der Waals surface area contributed by atoms with Gasteiger partial charge in [-0.1, -0.05) is 11.6 Å². The fourth-order valence-electron chi connectivity index (χ4n) is 2.28. The van der Waals surface area contributed by atoms with Crippen LogP contribution in [0.1, 0.15) is 0 Å². The summed E-state index contributed by atoms with van der Waals surface area (Å²) in [6.45, 7) is 2.95. The van der Waals surface area contributed by atoms with Gasteiger partial charge in [0.05, 0.1) is 23.7 Å². The number of aromatic nitrogens is 1. The lowest BCUT2D eigenvalue weighted by atomic mass is 10.1. The first-order chi connectivity index (χ1) is 9.66. The molecule has 1 aromatic heterocycles. The van der Waals surface area contributed by atoms with Gasteiger partial charge in [-0.05, 0) is 18.2 Å². The number of fused-ring (bicyclic) bond motifs is 1. The Hall–Kier alpha value is -1.92. The van der Waals surface area contributed by atoms with Crippen LogP contribution in [-0.4, -0.2) is 36.2 Å². The molecular weight excluding hydrogens is 282 g/mol. The second kappa shape index (κ2) is 5.22. The predicted octanol–water partition coefficient (Wildman–Crippen LogP) is 2.63. The van der Waals surface area contributed by atoms with Crippen molar-refractivity contribution in [2.45, 2.75) is 0 Å². The van der Waals surface area contributed by atoms with Crippen LogP contribution < -0.4 is 4.90 Å².